The van der Waals surface area contributed by atoms with Gasteiger partial charge in [-0.25, -0.2) is 4.79 Å². The van der Waals surface area contributed by atoms with Gasteiger partial charge in [0.05, 0.1) is 17.1 Å². The molecule has 2 rings (SSSR count). The number of nitriles is 1. The van der Waals surface area contributed by atoms with Crippen LogP contribution < -0.4 is 4.84 Å². The molecule has 4 heteroatoms. The molecule has 0 N–H and O–H groups in total. The lowest BCUT2D eigenvalue weighted by atomic mass is 10.2. The van der Waals surface area contributed by atoms with Gasteiger partial charge in [0, 0.05) is 18.0 Å². The van der Waals surface area contributed by atoms with Gasteiger partial charge in [0.15, 0.2) is 0 Å². The third-order valence-electron chi connectivity index (χ3n) is 2.72. The molecule has 0 saturated carbocycles. The molecule has 92 valence electrons. The van der Waals surface area contributed by atoms with Gasteiger partial charge in [0.1, 0.15) is 0 Å². The SMILES string of the molecule is CCCCC(=O)On1ccc2cc(C#N)ccc21. The molecule has 0 spiro atoms. The predicted molar refractivity (Wildman–Crippen MR) is 67.8 cm³/mol. The zero-order chi connectivity index (χ0) is 13.0. The van der Waals surface area contributed by atoms with E-state index < -0.39 is 0 Å². The fourth-order valence-electron chi connectivity index (χ4n) is 1.74. The Morgan fingerprint density at radius 2 is 2.28 bits per heavy atom. The second-order valence-corrected chi connectivity index (χ2v) is 4.09. The van der Waals surface area contributed by atoms with Crippen LogP contribution in [-0.2, 0) is 4.79 Å². The Labute approximate surface area is 105 Å². The van der Waals surface area contributed by atoms with Gasteiger partial charge in [-0.15, -0.1) is 0 Å². The fraction of sp³-hybridized carbons (Fsp3) is 0.286. The Bertz CT molecular complexity index is 608. The first-order valence-electron chi connectivity index (χ1n) is 5.97. The van der Waals surface area contributed by atoms with Gasteiger partial charge in [0.25, 0.3) is 0 Å². The minimum atomic E-state index is -0.237. The predicted octanol–water partition coefficient (Wildman–Crippen LogP) is 2.66. The van der Waals surface area contributed by atoms with E-state index in [4.69, 9.17) is 10.1 Å². The number of carbonyl (C=O) groups excluding carboxylic acids is 1. The molecule has 2 aromatic rings. The Morgan fingerprint density at radius 1 is 1.44 bits per heavy atom. The van der Waals surface area contributed by atoms with Crippen LogP contribution in [0.4, 0.5) is 0 Å². The average molecular weight is 242 g/mol. The molecule has 0 amide bonds. The van der Waals surface area contributed by atoms with E-state index in [1.54, 1.807) is 24.4 Å². The number of rotatable bonds is 4. The van der Waals surface area contributed by atoms with Crippen molar-refractivity contribution in [2.45, 2.75) is 26.2 Å². The zero-order valence-electron chi connectivity index (χ0n) is 10.2. The van der Waals surface area contributed by atoms with Gasteiger partial charge in [-0.2, -0.15) is 9.99 Å². The number of unbranched alkanes of at least 4 members (excludes halogenated alkanes) is 1. The molecular weight excluding hydrogens is 228 g/mol. The summed E-state index contributed by atoms with van der Waals surface area (Å²) in [6, 6.07) is 9.16. The normalized spacial score (nSPS) is 10.2. The van der Waals surface area contributed by atoms with Crippen molar-refractivity contribution in [1.29, 1.82) is 5.26 Å². The van der Waals surface area contributed by atoms with Gasteiger partial charge in [-0.1, -0.05) is 13.3 Å². The first-order chi connectivity index (χ1) is 8.74. The second-order valence-electron chi connectivity index (χ2n) is 4.09. The van der Waals surface area contributed by atoms with E-state index in [-0.39, 0.29) is 5.97 Å². The zero-order valence-corrected chi connectivity index (χ0v) is 10.2. The van der Waals surface area contributed by atoms with Gasteiger partial charge in [0.2, 0.25) is 0 Å². The second kappa shape index (κ2) is 5.37. The standard InChI is InChI=1S/C14H14N2O2/c1-2-3-4-14(17)18-16-8-7-12-9-11(10-15)5-6-13(12)16/h5-9H,2-4H2,1H3. The molecule has 18 heavy (non-hydrogen) atoms. The van der Waals surface area contributed by atoms with Crippen LogP contribution >= 0.6 is 0 Å². The topological polar surface area (TPSA) is 55.0 Å². The van der Waals surface area contributed by atoms with Crippen LogP contribution in [0.2, 0.25) is 0 Å². The van der Waals surface area contributed by atoms with Gasteiger partial charge < -0.3 is 4.84 Å². The van der Waals surface area contributed by atoms with Crippen LogP contribution in [0.5, 0.6) is 0 Å². The van der Waals surface area contributed by atoms with Crippen molar-refractivity contribution in [1.82, 2.24) is 4.73 Å². The van der Waals surface area contributed by atoms with Crippen molar-refractivity contribution in [3.63, 3.8) is 0 Å². The van der Waals surface area contributed by atoms with Crippen LogP contribution in [0.3, 0.4) is 0 Å². The maximum Gasteiger partial charge on any atom is 0.332 e. The summed E-state index contributed by atoms with van der Waals surface area (Å²) in [6.07, 6.45) is 3.91. The van der Waals surface area contributed by atoms with Gasteiger partial charge in [-0.05, 0) is 30.7 Å². The third-order valence-corrected chi connectivity index (χ3v) is 2.72. The molecule has 1 heterocycles. The van der Waals surface area contributed by atoms with E-state index in [0.717, 1.165) is 23.7 Å². The van der Waals surface area contributed by atoms with Crippen molar-refractivity contribution in [3.8, 4) is 6.07 Å². The molecule has 0 aliphatic heterocycles. The summed E-state index contributed by atoms with van der Waals surface area (Å²) in [6.45, 7) is 2.03. The molecule has 1 aromatic heterocycles. The summed E-state index contributed by atoms with van der Waals surface area (Å²) in [5.41, 5.74) is 1.39. The number of aromatic nitrogens is 1. The van der Waals surface area contributed by atoms with Crippen molar-refractivity contribution in [2.24, 2.45) is 0 Å². The summed E-state index contributed by atoms with van der Waals surface area (Å²) < 4.78 is 1.45. The molecule has 4 nitrogen and oxygen atoms in total. The highest BCUT2D eigenvalue weighted by molar-refractivity contribution is 5.82. The van der Waals surface area contributed by atoms with Gasteiger partial charge in [-0.3, -0.25) is 0 Å². The van der Waals surface area contributed by atoms with E-state index in [9.17, 15) is 4.79 Å². The molecule has 0 bridgehead atoms. The number of carbonyl (C=O) groups is 1. The molecular formula is C14H14N2O2. The first kappa shape index (κ1) is 12.2. The maximum atomic E-state index is 11.5. The van der Waals surface area contributed by atoms with E-state index >= 15 is 0 Å². The number of nitrogens with zero attached hydrogens (tertiary/aromatic N) is 2. The van der Waals surface area contributed by atoms with Crippen molar-refractivity contribution >= 4 is 16.9 Å². The summed E-state index contributed by atoms with van der Waals surface area (Å²) in [7, 11) is 0. The number of hydrogen-bond acceptors (Lipinski definition) is 3. The van der Waals surface area contributed by atoms with Crippen LogP contribution in [0.1, 0.15) is 31.7 Å². The lowest BCUT2D eigenvalue weighted by Gasteiger charge is -2.05. The van der Waals surface area contributed by atoms with Crippen LogP contribution in [0, 0.1) is 11.3 Å². The Kier molecular flexibility index (Phi) is 3.63. The smallest absolute Gasteiger partial charge is 0.332 e. The summed E-state index contributed by atoms with van der Waals surface area (Å²) >= 11 is 0. The molecule has 0 unspecified atom stereocenters. The van der Waals surface area contributed by atoms with Gasteiger partial charge >= 0.3 is 5.97 Å². The molecule has 0 radical (unpaired) electrons. The fourth-order valence-corrected chi connectivity index (χ4v) is 1.74. The molecule has 0 atom stereocenters. The van der Waals surface area contributed by atoms with E-state index in [2.05, 4.69) is 6.07 Å². The molecule has 0 aliphatic carbocycles. The minimum absolute atomic E-state index is 0.237. The molecule has 0 aliphatic rings. The lowest BCUT2D eigenvalue weighted by Crippen LogP contribution is -2.18. The van der Waals surface area contributed by atoms with Crippen LogP contribution in [0.25, 0.3) is 10.9 Å². The number of hydrogen-bond donors (Lipinski definition) is 0. The highest BCUT2D eigenvalue weighted by Crippen LogP contribution is 2.16. The first-order valence-corrected chi connectivity index (χ1v) is 5.97. The summed E-state index contributed by atoms with van der Waals surface area (Å²) in [5.74, 6) is -0.237. The van der Waals surface area contributed by atoms with Crippen molar-refractivity contribution in [3.05, 3.63) is 36.0 Å². The minimum Gasteiger partial charge on any atom is -0.337 e. The van der Waals surface area contributed by atoms with E-state index in [1.165, 1.54) is 4.73 Å². The quantitative estimate of drug-likeness (QED) is 0.828. The molecule has 0 saturated heterocycles. The van der Waals surface area contributed by atoms with Crippen LogP contribution in [0.15, 0.2) is 30.5 Å². The Hall–Kier alpha value is -2.28. The third kappa shape index (κ3) is 2.51. The Morgan fingerprint density at radius 3 is 3.00 bits per heavy atom. The monoisotopic (exact) mass is 242 g/mol. The van der Waals surface area contributed by atoms with Crippen molar-refractivity contribution < 1.29 is 9.63 Å². The van der Waals surface area contributed by atoms with E-state index in [0.29, 0.717) is 12.0 Å². The number of fused-ring (bicyclic) bond motifs is 1. The average Bonchev–Trinajstić information content (AvgIpc) is 2.78. The van der Waals surface area contributed by atoms with Crippen molar-refractivity contribution in [2.75, 3.05) is 0 Å². The maximum absolute atomic E-state index is 11.5. The Balaban J connectivity index is 2.20. The molecule has 1 aromatic carbocycles. The summed E-state index contributed by atoms with van der Waals surface area (Å²) in [5, 5.41) is 9.69. The highest BCUT2D eigenvalue weighted by Gasteiger charge is 2.07. The number of benzene rings is 1. The molecule has 0 fully saturated rings. The highest BCUT2D eigenvalue weighted by atomic mass is 16.7. The largest absolute Gasteiger partial charge is 0.337 e. The van der Waals surface area contributed by atoms with Crippen LogP contribution in [-0.4, -0.2) is 10.7 Å². The lowest BCUT2D eigenvalue weighted by molar-refractivity contribution is -0.143. The summed E-state index contributed by atoms with van der Waals surface area (Å²) in [4.78, 5) is 16.8. The van der Waals surface area contributed by atoms with E-state index in [1.807, 2.05) is 13.0 Å².